The van der Waals surface area contributed by atoms with Gasteiger partial charge in [-0.15, -0.1) is 0 Å². The molecule has 3 rings (SSSR count). The van der Waals surface area contributed by atoms with Crippen LogP contribution in [0, 0.1) is 0 Å². The number of aromatic amines is 1. The van der Waals surface area contributed by atoms with Crippen LogP contribution in [-0.2, 0) is 6.42 Å². The number of aryl methyl sites for hydroxylation is 1. The summed E-state index contributed by atoms with van der Waals surface area (Å²) in [7, 11) is 0. The summed E-state index contributed by atoms with van der Waals surface area (Å²) in [4.78, 5) is 3.51. The molecule has 0 bridgehead atoms. The van der Waals surface area contributed by atoms with Crippen molar-refractivity contribution in [2.45, 2.75) is 33.1 Å². The van der Waals surface area contributed by atoms with E-state index < -0.39 is 0 Å². The maximum atomic E-state index is 6.55. The number of halogens is 2. The summed E-state index contributed by atoms with van der Waals surface area (Å²) in [5.41, 5.74) is 9.86. The van der Waals surface area contributed by atoms with Crippen molar-refractivity contribution in [3.8, 4) is 22.8 Å². The fourth-order valence-corrected chi connectivity index (χ4v) is 4.07. The van der Waals surface area contributed by atoms with Crippen molar-refractivity contribution >= 4 is 34.1 Å². The predicted molar refractivity (Wildman–Crippen MR) is 118 cm³/mol. The van der Waals surface area contributed by atoms with Crippen LogP contribution in [0.25, 0.3) is 22.2 Å². The first-order chi connectivity index (χ1) is 13.6. The van der Waals surface area contributed by atoms with Gasteiger partial charge in [-0.1, -0.05) is 23.2 Å². The smallest absolute Gasteiger partial charge is 0.161 e. The molecular formula is C22H26Cl2N2O2. The summed E-state index contributed by atoms with van der Waals surface area (Å²) in [5.74, 6) is 1.48. The highest BCUT2D eigenvalue weighted by molar-refractivity contribution is 6.39. The minimum absolute atomic E-state index is 0.570. The van der Waals surface area contributed by atoms with Gasteiger partial charge in [0.15, 0.2) is 11.5 Å². The fraction of sp³-hybridized carbons (Fsp3) is 0.364. The Morgan fingerprint density at radius 3 is 2.43 bits per heavy atom. The summed E-state index contributed by atoms with van der Waals surface area (Å²) in [6, 6.07) is 9.71. The Labute approximate surface area is 175 Å². The Hall–Kier alpha value is -1.88. The van der Waals surface area contributed by atoms with E-state index in [1.165, 1.54) is 5.56 Å². The summed E-state index contributed by atoms with van der Waals surface area (Å²) in [6.45, 7) is 5.76. The molecule has 4 nitrogen and oxygen atoms in total. The van der Waals surface area contributed by atoms with E-state index in [2.05, 4.69) is 4.98 Å². The number of rotatable bonds is 9. The normalized spacial score (nSPS) is 11.2. The molecule has 3 aromatic rings. The lowest BCUT2D eigenvalue weighted by molar-refractivity contribution is 0.288. The summed E-state index contributed by atoms with van der Waals surface area (Å²) in [6.07, 6.45) is 2.83. The van der Waals surface area contributed by atoms with Crippen molar-refractivity contribution in [3.05, 3.63) is 45.9 Å². The maximum Gasteiger partial charge on any atom is 0.161 e. The van der Waals surface area contributed by atoms with Gasteiger partial charge in [0.25, 0.3) is 0 Å². The highest BCUT2D eigenvalue weighted by Crippen LogP contribution is 2.40. The molecule has 150 valence electrons. The zero-order valence-electron chi connectivity index (χ0n) is 16.3. The topological polar surface area (TPSA) is 60.3 Å². The van der Waals surface area contributed by atoms with Crippen LogP contribution in [0.4, 0.5) is 0 Å². The molecule has 0 saturated carbocycles. The van der Waals surface area contributed by atoms with Crippen LogP contribution in [0.5, 0.6) is 11.5 Å². The number of unbranched alkanes of at least 4 members (excludes halogenated alkanes) is 1. The molecule has 2 aromatic carbocycles. The van der Waals surface area contributed by atoms with E-state index in [-0.39, 0.29) is 0 Å². The standard InChI is InChI=1S/C22H26Cl2N2O2/c1-3-27-19-9-8-14(11-20(19)28-4-2)22-16(7-5-6-10-25)21-17(24)12-15(23)13-18(21)26-22/h8-9,11-13,26H,3-7,10,25H2,1-2H3. The van der Waals surface area contributed by atoms with E-state index >= 15 is 0 Å². The molecule has 0 fully saturated rings. The van der Waals surface area contributed by atoms with Crippen LogP contribution in [0.3, 0.4) is 0 Å². The van der Waals surface area contributed by atoms with Gasteiger partial charge in [0.05, 0.1) is 18.2 Å². The molecule has 0 amide bonds. The fourth-order valence-electron chi connectivity index (χ4n) is 3.46. The van der Waals surface area contributed by atoms with E-state index in [0.717, 1.165) is 52.9 Å². The minimum Gasteiger partial charge on any atom is -0.490 e. The second-order valence-electron chi connectivity index (χ2n) is 6.56. The van der Waals surface area contributed by atoms with Gasteiger partial charge >= 0.3 is 0 Å². The third-order valence-corrected chi connectivity index (χ3v) is 5.15. The number of fused-ring (bicyclic) bond motifs is 1. The monoisotopic (exact) mass is 420 g/mol. The van der Waals surface area contributed by atoms with Gasteiger partial charge in [0.2, 0.25) is 0 Å². The van der Waals surface area contributed by atoms with Crippen LogP contribution in [0.2, 0.25) is 10.0 Å². The zero-order valence-corrected chi connectivity index (χ0v) is 17.8. The highest BCUT2D eigenvalue weighted by atomic mass is 35.5. The maximum absolute atomic E-state index is 6.55. The van der Waals surface area contributed by atoms with Gasteiger partial charge in [-0.25, -0.2) is 0 Å². The largest absolute Gasteiger partial charge is 0.490 e. The quantitative estimate of drug-likeness (QED) is 0.403. The molecule has 0 atom stereocenters. The molecule has 0 radical (unpaired) electrons. The summed E-state index contributed by atoms with van der Waals surface area (Å²) < 4.78 is 11.5. The second kappa shape index (κ2) is 9.55. The lowest BCUT2D eigenvalue weighted by Crippen LogP contribution is -2.00. The molecule has 6 heteroatoms. The van der Waals surface area contributed by atoms with Crippen molar-refractivity contribution in [2.24, 2.45) is 5.73 Å². The van der Waals surface area contributed by atoms with Gasteiger partial charge in [-0.3, -0.25) is 0 Å². The van der Waals surface area contributed by atoms with E-state index in [1.807, 2.05) is 38.1 Å². The first-order valence-corrected chi connectivity index (χ1v) is 10.4. The van der Waals surface area contributed by atoms with Gasteiger partial charge in [0, 0.05) is 27.2 Å². The second-order valence-corrected chi connectivity index (χ2v) is 7.41. The van der Waals surface area contributed by atoms with Gasteiger partial charge < -0.3 is 20.2 Å². The SMILES string of the molecule is CCOc1ccc(-c2[nH]c3cc(Cl)cc(Cl)c3c2CCCCN)cc1OCC. The Morgan fingerprint density at radius 2 is 1.71 bits per heavy atom. The van der Waals surface area contributed by atoms with Crippen molar-refractivity contribution in [1.82, 2.24) is 4.98 Å². The molecule has 0 saturated heterocycles. The van der Waals surface area contributed by atoms with Crippen molar-refractivity contribution in [2.75, 3.05) is 19.8 Å². The molecule has 0 unspecified atom stereocenters. The zero-order chi connectivity index (χ0) is 20.1. The van der Waals surface area contributed by atoms with Gasteiger partial charge in [-0.05, 0) is 75.5 Å². The average molecular weight is 421 g/mol. The third kappa shape index (κ3) is 4.40. The Bertz CT molecular complexity index is 953. The van der Waals surface area contributed by atoms with E-state index in [9.17, 15) is 0 Å². The Morgan fingerprint density at radius 1 is 0.964 bits per heavy atom. The molecule has 0 spiro atoms. The number of aromatic nitrogens is 1. The van der Waals surface area contributed by atoms with Crippen LogP contribution in [0.15, 0.2) is 30.3 Å². The average Bonchev–Trinajstić information content (AvgIpc) is 3.02. The molecule has 0 aliphatic carbocycles. The summed E-state index contributed by atoms with van der Waals surface area (Å²) in [5, 5.41) is 2.29. The highest BCUT2D eigenvalue weighted by Gasteiger charge is 2.18. The lowest BCUT2D eigenvalue weighted by Gasteiger charge is -2.13. The first-order valence-electron chi connectivity index (χ1n) is 9.68. The van der Waals surface area contributed by atoms with Crippen molar-refractivity contribution in [3.63, 3.8) is 0 Å². The van der Waals surface area contributed by atoms with Crippen molar-refractivity contribution in [1.29, 1.82) is 0 Å². The molecule has 0 aliphatic heterocycles. The lowest BCUT2D eigenvalue weighted by atomic mass is 10.00. The molecule has 28 heavy (non-hydrogen) atoms. The van der Waals surface area contributed by atoms with Crippen LogP contribution < -0.4 is 15.2 Å². The number of nitrogens with one attached hydrogen (secondary N) is 1. The number of nitrogens with two attached hydrogens (primary N) is 1. The predicted octanol–water partition coefficient (Wildman–Crippen LogP) is 6.22. The van der Waals surface area contributed by atoms with Crippen molar-refractivity contribution < 1.29 is 9.47 Å². The van der Waals surface area contributed by atoms with Gasteiger partial charge in [0.1, 0.15) is 0 Å². The summed E-state index contributed by atoms with van der Waals surface area (Å²) >= 11 is 12.8. The third-order valence-electron chi connectivity index (χ3n) is 4.63. The molecule has 0 aliphatic rings. The number of hydrogen-bond donors (Lipinski definition) is 2. The Kier molecular flexibility index (Phi) is 7.11. The van der Waals surface area contributed by atoms with Crippen LogP contribution >= 0.6 is 23.2 Å². The number of benzene rings is 2. The van der Waals surface area contributed by atoms with E-state index in [0.29, 0.717) is 29.8 Å². The molecular weight excluding hydrogens is 395 g/mol. The number of H-pyrrole nitrogens is 1. The van der Waals surface area contributed by atoms with Gasteiger partial charge in [-0.2, -0.15) is 0 Å². The first kappa shape index (κ1) is 20.8. The van der Waals surface area contributed by atoms with E-state index in [4.69, 9.17) is 38.4 Å². The molecule has 3 N–H and O–H groups in total. The van der Waals surface area contributed by atoms with E-state index in [1.54, 1.807) is 6.07 Å². The molecule has 1 aromatic heterocycles. The Balaban J connectivity index is 2.14. The van der Waals surface area contributed by atoms with Crippen LogP contribution in [-0.4, -0.2) is 24.7 Å². The van der Waals surface area contributed by atoms with Crippen LogP contribution in [0.1, 0.15) is 32.3 Å². The number of hydrogen-bond acceptors (Lipinski definition) is 3. The molecule has 1 heterocycles. The minimum atomic E-state index is 0.570. The number of ether oxygens (including phenoxy) is 2.